The molecule has 0 aromatic heterocycles. The fourth-order valence-corrected chi connectivity index (χ4v) is 5.82. The number of hydrogen-bond donors (Lipinski definition) is 0. The van der Waals surface area contributed by atoms with Crippen LogP contribution in [0.15, 0.2) is 36.4 Å². The number of benzene rings is 2. The first kappa shape index (κ1) is 30.4. The van der Waals surface area contributed by atoms with Crippen LogP contribution in [0.5, 0.6) is 5.75 Å². The van der Waals surface area contributed by atoms with Crippen molar-refractivity contribution in [2.24, 2.45) is 5.92 Å². The van der Waals surface area contributed by atoms with Gasteiger partial charge >= 0.3 is 6.18 Å². The highest BCUT2D eigenvalue weighted by atomic mass is 19.4. The van der Waals surface area contributed by atoms with E-state index in [-0.39, 0.29) is 17.5 Å². The van der Waals surface area contributed by atoms with Gasteiger partial charge in [0.05, 0.1) is 12.2 Å². The van der Waals surface area contributed by atoms with Crippen molar-refractivity contribution in [3.05, 3.63) is 64.2 Å². The number of amides is 1. The van der Waals surface area contributed by atoms with E-state index in [0.29, 0.717) is 26.2 Å². The van der Waals surface area contributed by atoms with Gasteiger partial charge in [-0.25, -0.2) is 0 Å². The summed E-state index contributed by atoms with van der Waals surface area (Å²) in [6, 6.07) is 8.92. The molecule has 2 fully saturated rings. The first-order valence-electron chi connectivity index (χ1n) is 14.7. The Morgan fingerprint density at radius 2 is 1.57 bits per heavy atom. The van der Waals surface area contributed by atoms with Gasteiger partial charge in [0, 0.05) is 37.8 Å². The van der Waals surface area contributed by atoms with Crippen molar-refractivity contribution in [3.8, 4) is 5.75 Å². The molecule has 0 saturated carbocycles. The second kappa shape index (κ2) is 13.4. The van der Waals surface area contributed by atoms with Crippen molar-refractivity contribution in [3.63, 3.8) is 0 Å². The van der Waals surface area contributed by atoms with Gasteiger partial charge < -0.3 is 14.5 Å². The molecule has 1 amide bonds. The Kier molecular flexibility index (Phi) is 10.2. The summed E-state index contributed by atoms with van der Waals surface area (Å²) in [6.45, 7) is 15.7. The van der Waals surface area contributed by atoms with Crippen LogP contribution in [-0.4, -0.2) is 73.0 Å². The van der Waals surface area contributed by atoms with Gasteiger partial charge in [-0.1, -0.05) is 13.0 Å². The monoisotopic (exact) mass is 559 g/mol. The number of piperidine rings is 1. The number of piperazine rings is 1. The normalized spacial score (nSPS) is 18.6. The molecule has 0 aliphatic carbocycles. The molecule has 5 nitrogen and oxygen atoms in total. The molecule has 40 heavy (non-hydrogen) atoms. The lowest BCUT2D eigenvalue weighted by Crippen LogP contribution is -2.49. The molecule has 0 bridgehead atoms. The minimum Gasteiger partial charge on any atom is -0.493 e. The molecule has 2 aromatic carbocycles. The molecule has 2 saturated heterocycles. The third-order valence-corrected chi connectivity index (χ3v) is 8.84. The average Bonchev–Trinajstić information content (AvgIpc) is 2.95. The van der Waals surface area contributed by atoms with Gasteiger partial charge in [0.15, 0.2) is 0 Å². The Balaban J connectivity index is 1.25. The van der Waals surface area contributed by atoms with Gasteiger partial charge in [0.25, 0.3) is 5.91 Å². The number of nitrogens with zero attached hydrogens (tertiary/aromatic N) is 3. The Morgan fingerprint density at radius 3 is 2.20 bits per heavy atom. The zero-order chi connectivity index (χ0) is 28.9. The highest BCUT2D eigenvalue weighted by Crippen LogP contribution is 2.32. The van der Waals surface area contributed by atoms with E-state index in [2.05, 4.69) is 49.6 Å². The molecule has 220 valence electrons. The lowest BCUT2D eigenvalue weighted by atomic mass is 9.96. The summed E-state index contributed by atoms with van der Waals surface area (Å²) in [6.07, 6.45) is 0.440. The van der Waals surface area contributed by atoms with Crippen molar-refractivity contribution in [1.29, 1.82) is 0 Å². The topological polar surface area (TPSA) is 36.0 Å². The molecule has 0 spiro atoms. The van der Waals surface area contributed by atoms with Crippen LogP contribution in [0.1, 0.15) is 78.2 Å². The number of carbonyl (C=O) groups is 1. The maximum Gasteiger partial charge on any atom is 0.416 e. The quantitative estimate of drug-likeness (QED) is 0.319. The van der Waals surface area contributed by atoms with Crippen LogP contribution in [0.3, 0.4) is 0 Å². The molecule has 2 aromatic rings. The standard InChI is InChI=1S/C32H44F3N3O2/c1-23-13-16-36(17-14-23)15-5-6-22-40-30-12-11-29(24(2)25(30)3)26(4)37-18-20-38(21-19-37)31(39)27-7-9-28(10-8-27)32(33,34)35/h7-12,23,26H,5-6,13-22H2,1-4H3. The molecule has 0 radical (unpaired) electrons. The number of hydrogen-bond acceptors (Lipinski definition) is 4. The van der Waals surface area contributed by atoms with E-state index in [1.54, 1.807) is 4.90 Å². The Hall–Kier alpha value is -2.58. The van der Waals surface area contributed by atoms with Gasteiger partial charge in [0.2, 0.25) is 0 Å². The van der Waals surface area contributed by atoms with Crippen molar-refractivity contribution in [2.75, 3.05) is 52.4 Å². The average molecular weight is 560 g/mol. The maximum atomic E-state index is 12.9. The molecule has 0 N–H and O–H groups in total. The second-order valence-electron chi connectivity index (χ2n) is 11.6. The van der Waals surface area contributed by atoms with Crippen LogP contribution >= 0.6 is 0 Å². The number of carbonyl (C=O) groups excluding carboxylic acids is 1. The molecule has 8 heteroatoms. The van der Waals surface area contributed by atoms with Crippen molar-refractivity contribution in [2.45, 2.75) is 65.6 Å². The number of alkyl halides is 3. The van der Waals surface area contributed by atoms with E-state index in [4.69, 9.17) is 4.74 Å². The summed E-state index contributed by atoms with van der Waals surface area (Å²) in [5.74, 6) is 1.60. The Morgan fingerprint density at radius 1 is 0.925 bits per heavy atom. The maximum absolute atomic E-state index is 12.9. The summed E-state index contributed by atoms with van der Waals surface area (Å²) in [4.78, 5) is 19.5. The van der Waals surface area contributed by atoms with Gasteiger partial charge in [-0.2, -0.15) is 13.2 Å². The summed E-state index contributed by atoms with van der Waals surface area (Å²) in [7, 11) is 0. The van der Waals surface area contributed by atoms with Gasteiger partial charge in [-0.05, 0) is 119 Å². The van der Waals surface area contributed by atoms with Crippen LogP contribution in [0.25, 0.3) is 0 Å². The van der Waals surface area contributed by atoms with Gasteiger partial charge in [-0.3, -0.25) is 9.69 Å². The molecule has 4 rings (SSSR count). The molecule has 2 aliphatic rings. The van der Waals surface area contributed by atoms with E-state index in [9.17, 15) is 18.0 Å². The fourth-order valence-electron chi connectivity index (χ4n) is 5.82. The lowest BCUT2D eigenvalue weighted by molar-refractivity contribution is -0.137. The molecule has 2 aliphatic heterocycles. The van der Waals surface area contributed by atoms with Crippen molar-refractivity contribution >= 4 is 5.91 Å². The van der Waals surface area contributed by atoms with E-state index in [1.807, 2.05) is 0 Å². The first-order valence-corrected chi connectivity index (χ1v) is 14.7. The predicted octanol–water partition coefficient (Wildman–Crippen LogP) is 6.73. The minimum atomic E-state index is -4.41. The fraction of sp³-hybridized carbons (Fsp3) is 0.594. The molecule has 2 heterocycles. The van der Waals surface area contributed by atoms with Crippen molar-refractivity contribution in [1.82, 2.24) is 14.7 Å². The second-order valence-corrected chi connectivity index (χ2v) is 11.6. The summed E-state index contributed by atoms with van der Waals surface area (Å²) < 4.78 is 44.7. The number of ether oxygens (including phenoxy) is 1. The van der Waals surface area contributed by atoms with Gasteiger partial charge in [-0.15, -0.1) is 0 Å². The number of unbranched alkanes of at least 4 members (excludes halogenated alkanes) is 1. The SMILES string of the molecule is Cc1c(OCCCCN2CCC(C)CC2)ccc(C(C)N2CCN(C(=O)c3ccc(C(F)(F)F)cc3)CC2)c1C. The third-order valence-electron chi connectivity index (χ3n) is 8.84. The van der Waals surface area contributed by atoms with E-state index in [1.165, 1.54) is 54.8 Å². The third kappa shape index (κ3) is 7.58. The van der Waals surface area contributed by atoms with E-state index < -0.39 is 11.7 Å². The summed E-state index contributed by atoms with van der Waals surface area (Å²) in [5.41, 5.74) is 3.21. The molecular formula is C32H44F3N3O2. The van der Waals surface area contributed by atoms with Crippen LogP contribution < -0.4 is 4.74 Å². The summed E-state index contributed by atoms with van der Waals surface area (Å²) in [5, 5.41) is 0. The van der Waals surface area contributed by atoms with Crippen LogP contribution in [0.2, 0.25) is 0 Å². The smallest absolute Gasteiger partial charge is 0.416 e. The number of halogens is 3. The summed E-state index contributed by atoms with van der Waals surface area (Å²) >= 11 is 0. The highest BCUT2D eigenvalue weighted by Gasteiger charge is 2.31. The Bertz CT molecular complexity index is 1120. The highest BCUT2D eigenvalue weighted by molar-refractivity contribution is 5.94. The number of rotatable bonds is 9. The molecular weight excluding hydrogens is 515 g/mol. The molecule has 1 atom stereocenters. The van der Waals surface area contributed by atoms with Crippen molar-refractivity contribution < 1.29 is 22.7 Å². The van der Waals surface area contributed by atoms with E-state index in [0.717, 1.165) is 49.8 Å². The lowest BCUT2D eigenvalue weighted by Gasteiger charge is -2.39. The minimum absolute atomic E-state index is 0.184. The molecule has 1 unspecified atom stereocenters. The number of likely N-dealkylation sites (tertiary alicyclic amines) is 1. The van der Waals surface area contributed by atoms with Crippen LogP contribution in [0, 0.1) is 19.8 Å². The van der Waals surface area contributed by atoms with E-state index >= 15 is 0 Å². The van der Waals surface area contributed by atoms with Crippen LogP contribution in [0.4, 0.5) is 13.2 Å². The van der Waals surface area contributed by atoms with Crippen LogP contribution in [-0.2, 0) is 6.18 Å². The first-order chi connectivity index (χ1) is 19.0. The largest absolute Gasteiger partial charge is 0.493 e. The zero-order valence-corrected chi connectivity index (χ0v) is 24.4. The predicted molar refractivity (Wildman–Crippen MR) is 153 cm³/mol. The zero-order valence-electron chi connectivity index (χ0n) is 24.4. The van der Waals surface area contributed by atoms with Gasteiger partial charge in [0.1, 0.15) is 5.75 Å². The Labute approximate surface area is 237 Å².